The monoisotopic (exact) mass is 473 g/mol. The Kier molecular flexibility index (Phi) is 5.43. The van der Waals surface area contributed by atoms with E-state index in [1.54, 1.807) is 29.2 Å². The molecule has 0 spiro atoms. The second-order valence-electron chi connectivity index (χ2n) is 9.06. The number of anilines is 2. The van der Waals surface area contributed by atoms with Gasteiger partial charge in [0.15, 0.2) is 17.2 Å². The number of urea groups is 1. The van der Waals surface area contributed by atoms with Gasteiger partial charge in [-0.1, -0.05) is 29.8 Å². The van der Waals surface area contributed by atoms with Crippen LogP contribution in [-0.2, 0) is 6.42 Å². The van der Waals surface area contributed by atoms with Crippen molar-refractivity contribution in [3.05, 3.63) is 69.9 Å². The predicted molar refractivity (Wildman–Crippen MR) is 134 cm³/mol. The Bertz CT molecular complexity index is 1490. The lowest BCUT2D eigenvalue weighted by Crippen LogP contribution is -2.31. The number of aromatic nitrogens is 4. The Balaban J connectivity index is 1.63. The van der Waals surface area contributed by atoms with Gasteiger partial charge in [0.25, 0.3) is 0 Å². The van der Waals surface area contributed by atoms with E-state index in [-0.39, 0.29) is 23.2 Å². The first-order valence-electron chi connectivity index (χ1n) is 11.3. The third kappa shape index (κ3) is 3.96. The minimum Gasteiger partial charge on any atom is -0.501 e. The van der Waals surface area contributed by atoms with Gasteiger partial charge in [-0.25, -0.2) is 14.8 Å². The number of nitrogens with zero attached hydrogens (tertiary/aromatic N) is 6. The zero-order chi connectivity index (χ0) is 24.9. The van der Waals surface area contributed by atoms with Crippen LogP contribution in [0.25, 0.3) is 17.2 Å². The van der Waals surface area contributed by atoms with Crippen LogP contribution in [0.2, 0.25) is 0 Å². The molecule has 3 aromatic heterocycles. The Hall–Kier alpha value is -4.34. The molecule has 180 valence electrons. The normalized spacial score (nSPS) is 13.8. The van der Waals surface area contributed by atoms with E-state index >= 15 is 0 Å². The maximum Gasteiger partial charge on any atom is 0.324 e. The molecule has 1 aliphatic rings. The number of likely N-dealkylation sites (N-methyl/N-ethyl adjacent to an activating group) is 1. The maximum atomic E-state index is 13.2. The molecular formula is C25H27N7O3. The molecule has 4 aromatic rings. The van der Waals surface area contributed by atoms with E-state index in [1.807, 2.05) is 56.3 Å². The number of aryl methyl sites for hydroxylation is 1. The van der Waals surface area contributed by atoms with Crippen LogP contribution in [-0.4, -0.2) is 69.6 Å². The van der Waals surface area contributed by atoms with Crippen molar-refractivity contribution in [2.45, 2.75) is 13.3 Å². The summed E-state index contributed by atoms with van der Waals surface area (Å²) in [6.07, 6.45) is 3.90. The number of benzene rings is 1. The molecule has 10 heteroatoms. The van der Waals surface area contributed by atoms with E-state index in [9.17, 15) is 14.7 Å². The maximum absolute atomic E-state index is 13.2. The van der Waals surface area contributed by atoms with Gasteiger partial charge in [0.2, 0.25) is 5.75 Å². The number of pyridine rings is 1. The minimum absolute atomic E-state index is 0.0454. The molecular weight excluding hydrogens is 446 g/mol. The number of hydrogen-bond donors (Lipinski definition) is 2. The van der Waals surface area contributed by atoms with Gasteiger partial charge in [-0.2, -0.15) is 0 Å². The highest BCUT2D eigenvalue weighted by molar-refractivity contribution is 5.98. The molecule has 2 amide bonds. The predicted octanol–water partition coefficient (Wildman–Crippen LogP) is 2.63. The summed E-state index contributed by atoms with van der Waals surface area (Å²) in [7, 11) is 5.41. The Morgan fingerprint density at radius 3 is 2.54 bits per heavy atom. The second-order valence-corrected chi connectivity index (χ2v) is 9.06. The molecule has 2 N–H and O–H groups in total. The number of aromatic amines is 1. The van der Waals surface area contributed by atoms with Crippen LogP contribution in [0.3, 0.4) is 0 Å². The van der Waals surface area contributed by atoms with E-state index in [4.69, 9.17) is 0 Å². The van der Waals surface area contributed by atoms with Gasteiger partial charge < -0.3 is 19.9 Å². The van der Waals surface area contributed by atoms with E-state index in [2.05, 4.69) is 15.0 Å². The topological polar surface area (TPSA) is 110 Å². The van der Waals surface area contributed by atoms with Crippen molar-refractivity contribution >= 4 is 23.1 Å². The average Bonchev–Trinajstić information content (AvgIpc) is 3.43. The highest BCUT2D eigenvalue weighted by Crippen LogP contribution is 2.31. The molecule has 1 saturated heterocycles. The molecule has 1 fully saturated rings. The van der Waals surface area contributed by atoms with Gasteiger partial charge >= 0.3 is 11.6 Å². The van der Waals surface area contributed by atoms with Crippen LogP contribution in [0.1, 0.15) is 16.8 Å². The van der Waals surface area contributed by atoms with Crippen LogP contribution >= 0.6 is 0 Å². The van der Waals surface area contributed by atoms with Gasteiger partial charge in [-0.05, 0) is 18.6 Å². The van der Waals surface area contributed by atoms with Crippen LogP contribution < -0.4 is 15.4 Å². The van der Waals surface area contributed by atoms with Crippen LogP contribution in [0.15, 0.2) is 47.5 Å². The average molecular weight is 474 g/mol. The fourth-order valence-electron chi connectivity index (χ4n) is 4.17. The highest BCUT2D eigenvalue weighted by Gasteiger charge is 2.30. The first-order chi connectivity index (χ1) is 16.7. The molecule has 10 nitrogen and oxygen atoms in total. The van der Waals surface area contributed by atoms with Gasteiger partial charge in [0, 0.05) is 58.7 Å². The number of carbonyl (C=O) groups excluding carboxylic acids is 1. The molecule has 0 bridgehead atoms. The fourth-order valence-corrected chi connectivity index (χ4v) is 4.17. The smallest absolute Gasteiger partial charge is 0.324 e. The lowest BCUT2D eigenvalue weighted by Gasteiger charge is -2.22. The molecule has 0 unspecified atom stereocenters. The van der Waals surface area contributed by atoms with Crippen molar-refractivity contribution in [1.29, 1.82) is 0 Å². The standard InChI is InChI=1S/C25H27N7O3/c1-15-5-7-16(8-6-15)11-17-13-26-22(27-17)20-21(33)24(34)32-14-18(29(2)3)12-19(23(32)28-20)31-10-9-30(4)25(31)35/h5-8,12-14,33H,9-11H2,1-4H3,(H,26,27). The van der Waals surface area contributed by atoms with Gasteiger partial charge in [-0.3, -0.25) is 14.1 Å². The summed E-state index contributed by atoms with van der Waals surface area (Å²) < 4.78 is 1.28. The molecule has 1 aliphatic heterocycles. The SMILES string of the molecule is Cc1ccc(Cc2cnc(-c3nc4c(N5CCN(C)C5=O)cc(N(C)C)cn4c(=O)c3O)[nH]2)cc1. The van der Waals surface area contributed by atoms with Crippen molar-refractivity contribution in [2.24, 2.45) is 0 Å². The molecule has 0 aliphatic carbocycles. The largest absolute Gasteiger partial charge is 0.501 e. The number of fused-ring (bicyclic) bond motifs is 1. The first kappa shape index (κ1) is 22.5. The second kappa shape index (κ2) is 8.46. The van der Waals surface area contributed by atoms with Crippen LogP contribution in [0, 0.1) is 6.92 Å². The summed E-state index contributed by atoms with van der Waals surface area (Å²) in [5.74, 6) is -0.220. The molecule has 4 heterocycles. The third-order valence-corrected chi connectivity index (χ3v) is 6.26. The number of H-pyrrole nitrogens is 1. The molecule has 0 radical (unpaired) electrons. The van der Waals surface area contributed by atoms with E-state index in [0.717, 1.165) is 11.3 Å². The van der Waals surface area contributed by atoms with Gasteiger partial charge in [0.1, 0.15) is 0 Å². The number of nitrogens with one attached hydrogen (secondary N) is 1. The Morgan fingerprint density at radius 2 is 1.89 bits per heavy atom. The van der Waals surface area contributed by atoms with E-state index < -0.39 is 11.3 Å². The quantitative estimate of drug-likeness (QED) is 0.461. The summed E-state index contributed by atoms with van der Waals surface area (Å²) in [4.78, 5) is 43.3. The fraction of sp³-hybridized carbons (Fsp3) is 0.280. The van der Waals surface area contributed by atoms with E-state index in [0.29, 0.717) is 30.9 Å². The van der Waals surface area contributed by atoms with Gasteiger partial charge in [0.05, 0.1) is 11.4 Å². The molecule has 35 heavy (non-hydrogen) atoms. The summed E-state index contributed by atoms with van der Waals surface area (Å²) >= 11 is 0. The number of carbonyl (C=O) groups is 1. The Labute approximate surface area is 202 Å². The summed E-state index contributed by atoms with van der Waals surface area (Å²) in [6.45, 7) is 3.07. The van der Waals surface area contributed by atoms with Crippen molar-refractivity contribution < 1.29 is 9.90 Å². The summed E-state index contributed by atoms with van der Waals surface area (Å²) in [5, 5.41) is 10.8. The highest BCUT2D eigenvalue weighted by atomic mass is 16.3. The van der Waals surface area contributed by atoms with Crippen LogP contribution in [0.4, 0.5) is 16.2 Å². The number of amides is 2. The molecule has 5 rings (SSSR count). The van der Waals surface area contributed by atoms with Gasteiger partial charge in [-0.15, -0.1) is 0 Å². The summed E-state index contributed by atoms with van der Waals surface area (Å²) in [5.41, 5.74) is 3.99. The minimum atomic E-state index is -0.633. The number of hydrogen-bond acceptors (Lipinski definition) is 6. The van der Waals surface area contributed by atoms with Crippen LogP contribution in [0.5, 0.6) is 5.75 Å². The molecule has 0 atom stereocenters. The van der Waals surface area contributed by atoms with E-state index in [1.165, 1.54) is 9.96 Å². The van der Waals surface area contributed by atoms with Crippen molar-refractivity contribution in [1.82, 2.24) is 24.3 Å². The number of imidazole rings is 1. The first-order valence-corrected chi connectivity index (χ1v) is 11.3. The molecule has 0 saturated carbocycles. The Morgan fingerprint density at radius 1 is 1.14 bits per heavy atom. The lowest BCUT2D eigenvalue weighted by atomic mass is 10.1. The van der Waals surface area contributed by atoms with Crippen molar-refractivity contribution in [3.63, 3.8) is 0 Å². The number of rotatable bonds is 5. The van der Waals surface area contributed by atoms with Crippen molar-refractivity contribution in [2.75, 3.05) is 44.0 Å². The lowest BCUT2D eigenvalue weighted by molar-refractivity contribution is 0.229. The third-order valence-electron chi connectivity index (χ3n) is 6.26. The summed E-state index contributed by atoms with van der Waals surface area (Å²) in [6, 6.07) is 9.84. The zero-order valence-electron chi connectivity index (χ0n) is 20.1. The van der Waals surface area contributed by atoms with Crippen molar-refractivity contribution in [3.8, 4) is 17.3 Å². The molecule has 1 aromatic carbocycles. The zero-order valence-corrected chi connectivity index (χ0v) is 20.1. The number of aromatic hydroxyl groups is 1.